The molecule has 1 saturated carbocycles. The van der Waals surface area contributed by atoms with Crippen molar-refractivity contribution in [3.63, 3.8) is 0 Å². The van der Waals surface area contributed by atoms with Crippen molar-refractivity contribution in [2.75, 3.05) is 13.1 Å². The fraction of sp³-hybridized carbons (Fsp3) is 0.238. The number of nitrogens with zero attached hydrogens (tertiary/aromatic N) is 1. The van der Waals surface area contributed by atoms with Crippen molar-refractivity contribution in [1.82, 2.24) is 4.31 Å². The molecule has 5 heteroatoms. The Kier molecular flexibility index (Phi) is 5.98. The summed E-state index contributed by atoms with van der Waals surface area (Å²) < 4.78 is 28.4. The van der Waals surface area contributed by atoms with Crippen LogP contribution in [0.3, 0.4) is 0 Å². The van der Waals surface area contributed by atoms with Crippen LogP contribution in [0.15, 0.2) is 69.5 Å². The standard InChI is InChI=1S/C21H20BrNO2S/c1-17-8-12-20(13-9-17)26(24,25)23(16-14-18-10-11-18)15-4-6-19-5-2-3-7-21(19)22/h2-3,5,7-9,12-14H,10-11,15-16H2,1H3. The molecule has 0 aromatic heterocycles. The summed E-state index contributed by atoms with van der Waals surface area (Å²) in [6.45, 7) is 2.45. The number of sulfonamides is 1. The summed E-state index contributed by atoms with van der Waals surface area (Å²) in [6, 6.07) is 14.6. The van der Waals surface area contributed by atoms with E-state index < -0.39 is 10.0 Å². The van der Waals surface area contributed by atoms with Crippen LogP contribution < -0.4 is 0 Å². The lowest BCUT2D eigenvalue weighted by Gasteiger charge is -2.18. The fourth-order valence-corrected chi connectivity index (χ4v) is 4.07. The molecular formula is C21H20BrNO2S. The van der Waals surface area contributed by atoms with Crippen LogP contribution in [0.1, 0.15) is 24.0 Å². The fourth-order valence-electron chi connectivity index (χ4n) is 2.40. The molecule has 0 saturated heterocycles. The van der Waals surface area contributed by atoms with Gasteiger partial charge in [-0.25, -0.2) is 8.42 Å². The van der Waals surface area contributed by atoms with Crippen LogP contribution in [0, 0.1) is 18.8 Å². The van der Waals surface area contributed by atoms with Gasteiger partial charge in [0.1, 0.15) is 0 Å². The molecule has 1 aliphatic rings. The van der Waals surface area contributed by atoms with E-state index in [1.165, 1.54) is 9.88 Å². The highest BCUT2D eigenvalue weighted by Gasteiger charge is 2.23. The van der Waals surface area contributed by atoms with E-state index in [0.29, 0.717) is 11.4 Å². The summed E-state index contributed by atoms with van der Waals surface area (Å²) in [4.78, 5) is 0.306. The van der Waals surface area contributed by atoms with E-state index in [2.05, 4.69) is 27.8 Å². The zero-order valence-corrected chi connectivity index (χ0v) is 17.0. The maximum absolute atomic E-state index is 13.0. The third kappa shape index (κ3) is 4.85. The molecular weight excluding hydrogens is 410 g/mol. The first-order valence-corrected chi connectivity index (χ1v) is 10.7. The second kappa shape index (κ2) is 8.22. The molecule has 0 bridgehead atoms. The van der Waals surface area contributed by atoms with Crippen LogP contribution in [0.25, 0.3) is 0 Å². The minimum absolute atomic E-state index is 0.154. The Hall–Kier alpha value is -1.87. The molecule has 3 rings (SSSR count). The van der Waals surface area contributed by atoms with E-state index in [9.17, 15) is 8.42 Å². The summed E-state index contributed by atoms with van der Waals surface area (Å²) in [6.07, 6.45) is 4.15. The van der Waals surface area contributed by atoms with E-state index in [0.717, 1.165) is 28.4 Å². The van der Waals surface area contributed by atoms with Crippen molar-refractivity contribution in [3.05, 3.63) is 75.8 Å². The molecule has 0 aliphatic heterocycles. The Labute approximate surface area is 163 Å². The van der Waals surface area contributed by atoms with Gasteiger partial charge < -0.3 is 0 Å². The Balaban J connectivity index is 1.84. The van der Waals surface area contributed by atoms with Crippen LogP contribution in [0.5, 0.6) is 0 Å². The van der Waals surface area contributed by atoms with E-state index in [4.69, 9.17) is 0 Å². The van der Waals surface area contributed by atoms with Gasteiger partial charge in [0.2, 0.25) is 10.0 Å². The first-order valence-electron chi connectivity index (χ1n) is 8.45. The molecule has 1 aliphatic carbocycles. The van der Waals surface area contributed by atoms with E-state index >= 15 is 0 Å². The van der Waals surface area contributed by atoms with Gasteiger partial charge in [0, 0.05) is 16.6 Å². The molecule has 0 unspecified atom stereocenters. The highest BCUT2D eigenvalue weighted by atomic mass is 79.9. The average molecular weight is 430 g/mol. The molecule has 0 atom stereocenters. The zero-order valence-electron chi connectivity index (χ0n) is 14.6. The normalized spacial score (nSPS) is 13.3. The highest BCUT2D eigenvalue weighted by molar-refractivity contribution is 9.10. The third-order valence-electron chi connectivity index (χ3n) is 4.13. The number of aryl methyl sites for hydroxylation is 1. The maximum atomic E-state index is 13.0. The monoisotopic (exact) mass is 429 g/mol. The molecule has 134 valence electrons. The zero-order chi connectivity index (χ0) is 18.6. The van der Waals surface area contributed by atoms with Gasteiger partial charge in [-0.15, -0.1) is 0 Å². The van der Waals surface area contributed by atoms with Gasteiger partial charge in [-0.1, -0.05) is 53.3 Å². The molecule has 0 N–H and O–H groups in total. The molecule has 0 amide bonds. The second-order valence-corrected chi connectivity index (χ2v) is 9.05. The molecule has 0 radical (unpaired) electrons. The summed E-state index contributed by atoms with van der Waals surface area (Å²) in [5, 5.41) is 0. The quantitative estimate of drug-likeness (QED) is 0.517. The van der Waals surface area contributed by atoms with Gasteiger partial charge in [0.25, 0.3) is 0 Å². The Bertz CT molecular complexity index is 977. The lowest BCUT2D eigenvalue weighted by atomic mass is 10.2. The van der Waals surface area contributed by atoms with Crippen LogP contribution in [-0.2, 0) is 10.0 Å². The van der Waals surface area contributed by atoms with Gasteiger partial charge in [-0.3, -0.25) is 0 Å². The van der Waals surface area contributed by atoms with Crippen molar-refractivity contribution in [1.29, 1.82) is 0 Å². The average Bonchev–Trinajstić information content (AvgIpc) is 3.44. The molecule has 0 heterocycles. The van der Waals surface area contributed by atoms with E-state index in [1.807, 2.05) is 49.4 Å². The SMILES string of the molecule is Cc1ccc(S(=O)(=O)N(CC#Cc2ccccc2Br)CC=C2CC2)cc1. The van der Waals surface area contributed by atoms with Crippen LogP contribution in [-0.4, -0.2) is 25.8 Å². The largest absolute Gasteiger partial charge is 0.244 e. The van der Waals surface area contributed by atoms with Crippen molar-refractivity contribution >= 4 is 26.0 Å². The van der Waals surface area contributed by atoms with Gasteiger partial charge in [-0.2, -0.15) is 4.31 Å². The van der Waals surface area contributed by atoms with Crippen LogP contribution in [0.4, 0.5) is 0 Å². The summed E-state index contributed by atoms with van der Waals surface area (Å²) in [5.41, 5.74) is 3.19. The summed E-state index contributed by atoms with van der Waals surface area (Å²) in [5.74, 6) is 6.07. The summed E-state index contributed by atoms with van der Waals surface area (Å²) in [7, 11) is -3.58. The van der Waals surface area contributed by atoms with Crippen molar-refractivity contribution in [2.24, 2.45) is 0 Å². The minimum atomic E-state index is -3.58. The van der Waals surface area contributed by atoms with Crippen molar-refractivity contribution in [2.45, 2.75) is 24.7 Å². The molecule has 26 heavy (non-hydrogen) atoms. The molecule has 3 nitrogen and oxygen atoms in total. The predicted octanol–water partition coefficient (Wildman–Crippen LogP) is 4.52. The van der Waals surface area contributed by atoms with Crippen molar-refractivity contribution in [3.8, 4) is 11.8 Å². The van der Waals surface area contributed by atoms with Crippen molar-refractivity contribution < 1.29 is 8.42 Å². The van der Waals surface area contributed by atoms with Gasteiger partial charge in [-0.05, 0) is 60.0 Å². The lowest BCUT2D eigenvalue weighted by molar-refractivity contribution is 0.478. The molecule has 0 spiro atoms. The van der Waals surface area contributed by atoms with Gasteiger partial charge in [0.05, 0.1) is 11.4 Å². The number of halogens is 1. The lowest BCUT2D eigenvalue weighted by Crippen LogP contribution is -2.31. The second-order valence-electron chi connectivity index (χ2n) is 6.25. The Morgan fingerprint density at radius 1 is 1.12 bits per heavy atom. The highest BCUT2D eigenvalue weighted by Crippen LogP contribution is 2.27. The first kappa shape index (κ1) is 18.9. The first-order chi connectivity index (χ1) is 12.5. The number of hydrogen-bond acceptors (Lipinski definition) is 2. The van der Waals surface area contributed by atoms with Gasteiger partial charge in [0.15, 0.2) is 0 Å². The minimum Gasteiger partial charge on any atom is -0.207 e. The maximum Gasteiger partial charge on any atom is 0.244 e. The number of rotatable bonds is 5. The number of benzene rings is 2. The summed E-state index contributed by atoms with van der Waals surface area (Å²) >= 11 is 3.46. The topological polar surface area (TPSA) is 37.4 Å². The predicted molar refractivity (Wildman–Crippen MR) is 108 cm³/mol. The molecule has 2 aromatic carbocycles. The van der Waals surface area contributed by atoms with E-state index in [1.54, 1.807) is 12.1 Å². The Morgan fingerprint density at radius 2 is 1.81 bits per heavy atom. The van der Waals surface area contributed by atoms with E-state index in [-0.39, 0.29) is 6.54 Å². The molecule has 2 aromatic rings. The van der Waals surface area contributed by atoms with Gasteiger partial charge >= 0.3 is 0 Å². The smallest absolute Gasteiger partial charge is 0.207 e. The Morgan fingerprint density at radius 3 is 2.46 bits per heavy atom. The van der Waals surface area contributed by atoms with Crippen LogP contribution in [0.2, 0.25) is 0 Å². The number of allylic oxidation sites excluding steroid dienone is 1. The van der Waals surface area contributed by atoms with Crippen LogP contribution >= 0.6 is 15.9 Å². The third-order valence-corrected chi connectivity index (χ3v) is 6.65. The molecule has 1 fully saturated rings. The number of hydrogen-bond donors (Lipinski definition) is 0.